The summed E-state index contributed by atoms with van der Waals surface area (Å²) >= 11 is 0. The number of imidazole rings is 1. The molecule has 1 aromatic carbocycles. The number of primary amides is 1. The number of Topliss-reactive ketones (excluding diaryl/α,β-unsaturated/α-hetero) is 4. The van der Waals surface area contributed by atoms with Crippen LogP contribution in [0.15, 0.2) is 47.8 Å². The summed E-state index contributed by atoms with van der Waals surface area (Å²) < 4.78 is 0. The number of aliphatic hydroxyl groups excluding tert-OH is 1. The number of benzene rings is 1. The average molecular weight is 1260 g/mol. The Morgan fingerprint density at radius 2 is 1.18 bits per heavy atom. The molecule has 0 spiro atoms. The molecule has 23 nitrogen and oxygen atoms in total. The normalized spacial score (nSPS) is 14.6. The van der Waals surface area contributed by atoms with Crippen LogP contribution in [0.1, 0.15) is 226 Å². The van der Waals surface area contributed by atoms with Gasteiger partial charge in [0.25, 0.3) is 0 Å². The number of nitrogens with two attached hydrogens (primary N) is 4. The molecular formula is C67H112N12O11. The van der Waals surface area contributed by atoms with Crippen molar-refractivity contribution in [3.63, 3.8) is 0 Å². The number of aliphatic imine (C=N–C) groups is 1. The maximum Gasteiger partial charge on any atom is 0.243 e. The Hall–Kier alpha value is -6.88. The number of carbonyl (C=O) groups is 10. The third-order valence-corrected chi connectivity index (χ3v) is 16.7. The van der Waals surface area contributed by atoms with Crippen molar-refractivity contribution in [3.05, 3.63) is 54.1 Å². The van der Waals surface area contributed by atoms with Crippen LogP contribution in [0, 0.1) is 23.7 Å². The number of nitrogens with zero attached hydrogens (tertiary/aromatic N) is 2. The van der Waals surface area contributed by atoms with Gasteiger partial charge >= 0.3 is 0 Å². The van der Waals surface area contributed by atoms with E-state index in [4.69, 9.17) is 22.9 Å². The summed E-state index contributed by atoms with van der Waals surface area (Å²) in [4.78, 5) is 148. The van der Waals surface area contributed by atoms with Crippen LogP contribution in [-0.4, -0.2) is 129 Å². The molecule has 10 atom stereocenters. The number of amides is 6. The molecule has 2 aromatic rings. The molecule has 6 amide bonds. The zero-order chi connectivity index (χ0) is 66.8. The number of unbranched alkanes of at least 4 members (excludes halogenated alkanes) is 13. The Bertz CT molecular complexity index is 2490. The summed E-state index contributed by atoms with van der Waals surface area (Å²) in [5, 5.41) is 24.4. The van der Waals surface area contributed by atoms with Crippen molar-refractivity contribution in [3.8, 4) is 0 Å². The second-order valence-electron chi connectivity index (χ2n) is 24.7. The summed E-state index contributed by atoms with van der Waals surface area (Å²) in [5.41, 5.74) is 23.5. The molecule has 0 aliphatic heterocycles. The van der Waals surface area contributed by atoms with E-state index in [-0.39, 0.29) is 88.4 Å². The lowest BCUT2D eigenvalue weighted by atomic mass is 9.84. The summed E-state index contributed by atoms with van der Waals surface area (Å²) in [5.74, 6) is -8.07. The quantitative estimate of drug-likeness (QED) is 0.0203. The fourth-order valence-electron chi connectivity index (χ4n) is 10.9. The molecule has 506 valence electrons. The van der Waals surface area contributed by atoms with Crippen molar-refractivity contribution in [1.82, 2.24) is 36.6 Å². The number of carbonyl (C=O) groups excluding carboxylic acids is 10. The Balaban J connectivity index is 2.16. The molecule has 0 aliphatic carbocycles. The van der Waals surface area contributed by atoms with Crippen molar-refractivity contribution < 1.29 is 53.1 Å². The van der Waals surface area contributed by atoms with Gasteiger partial charge in [-0.3, -0.25) is 52.9 Å². The average Bonchev–Trinajstić information content (AvgIpc) is 2.74. The Labute approximate surface area is 534 Å². The van der Waals surface area contributed by atoms with E-state index >= 15 is 0 Å². The first-order valence-corrected chi connectivity index (χ1v) is 33.3. The lowest BCUT2D eigenvalue weighted by Crippen LogP contribution is -2.55. The van der Waals surface area contributed by atoms with E-state index in [0.717, 1.165) is 50.5 Å². The van der Waals surface area contributed by atoms with Crippen molar-refractivity contribution in [2.75, 3.05) is 13.1 Å². The van der Waals surface area contributed by atoms with Gasteiger partial charge in [0.05, 0.1) is 30.6 Å². The first-order valence-electron chi connectivity index (χ1n) is 33.3. The molecule has 90 heavy (non-hydrogen) atoms. The van der Waals surface area contributed by atoms with Crippen LogP contribution in [0.5, 0.6) is 0 Å². The van der Waals surface area contributed by atoms with Gasteiger partial charge < -0.3 is 59.6 Å². The van der Waals surface area contributed by atoms with E-state index in [1.807, 2.05) is 44.2 Å². The Morgan fingerprint density at radius 1 is 0.567 bits per heavy atom. The molecular weight excluding hydrogens is 1150 g/mol. The van der Waals surface area contributed by atoms with Gasteiger partial charge in [-0.15, -0.1) is 0 Å². The zero-order valence-corrected chi connectivity index (χ0v) is 55.0. The largest absolute Gasteiger partial charge is 0.391 e. The number of guanidine groups is 1. The molecule has 0 saturated carbocycles. The smallest absolute Gasteiger partial charge is 0.243 e. The molecule has 1 heterocycles. The monoisotopic (exact) mass is 1260 g/mol. The SMILES string of the molecule is CCCCCCCCCCCCCCCC(=O)N[C@@H](CCC(N)=O)C(=O)NC(C(=O)CC(C(=O)N[C@@H](C)C(=O)CCC(=O)N[C@@H](Cc1cnc[nH]1)C(=O)C[C@@H](Cc1ccccc1)C(=O)N[C@@H](CCCN=C(N)N)C(=O)C[C@H](C)CCCCN)[C@@H](C)CC)[C@@H](C)O. The van der Waals surface area contributed by atoms with Gasteiger partial charge in [0.15, 0.2) is 29.1 Å². The molecule has 0 fully saturated rings. The summed E-state index contributed by atoms with van der Waals surface area (Å²) in [7, 11) is 0. The number of nitrogens with one attached hydrogen (secondary N) is 6. The maximum absolute atomic E-state index is 14.5. The van der Waals surface area contributed by atoms with E-state index in [1.54, 1.807) is 6.92 Å². The predicted molar refractivity (Wildman–Crippen MR) is 350 cm³/mol. The van der Waals surface area contributed by atoms with Crippen LogP contribution in [0.2, 0.25) is 0 Å². The molecule has 15 N–H and O–H groups in total. The topological polar surface area (TPSA) is 396 Å². The number of ketones is 4. The summed E-state index contributed by atoms with van der Waals surface area (Å²) in [6.07, 6.45) is 18.4. The van der Waals surface area contributed by atoms with Gasteiger partial charge in [-0.25, -0.2) is 4.98 Å². The molecule has 0 aliphatic rings. The van der Waals surface area contributed by atoms with Crippen LogP contribution in [-0.2, 0) is 60.8 Å². The lowest BCUT2D eigenvalue weighted by molar-refractivity contribution is -0.137. The van der Waals surface area contributed by atoms with E-state index in [1.165, 1.54) is 77.7 Å². The molecule has 0 saturated heterocycles. The second-order valence-corrected chi connectivity index (χ2v) is 24.7. The maximum atomic E-state index is 14.5. The van der Waals surface area contributed by atoms with Gasteiger partial charge in [0.2, 0.25) is 35.4 Å². The highest BCUT2D eigenvalue weighted by molar-refractivity contribution is 5.98. The van der Waals surface area contributed by atoms with Crippen molar-refractivity contribution in [2.45, 2.75) is 264 Å². The minimum Gasteiger partial charge on any atom is -0.391 e. The fraction of sp³-hybridized carbons (Fsp3) is 0.701. The molecule has 0 radical (unpaired) electrons. The molecule has 0 bridgehead atoms. The highest BCUT2D eigenvalue weighted by atomic mass is 16.3. The second kappa shape index (κ2) is 46.2. The summed E-state index contributed by atoms with van der Waals surface area (Å²) in [6.45, 7) is 11.3. The Kier molecular flexibility index (Phi) is 40.7. The van der Waals surface area contributed by atoms with Crippen LogP contribution in [0.3, 0.4) is 0 Å². The molecule has 2 unspecified atom stereocenters. The van der Waals surface area contributed by atoms with Gasteiger partial charge in [0, 0.05) is 81.6 Å². The zero-order valence-electron chi connectivity index (χ0n) is 55.0. The van der Waals surface area contributed by atoms with E-state index in [9.17, 15) is 53.1 Å². The third-order valence-electron chi connectivity index (χ3n) is 16.7. The van der Waals surface area contributed by atoms with Gasteiger partial charge in [0.1, 0.15) is 12.1 Å². The number of aromatic nitrogens is 2. The van der Waals surface area contributed by atoms with Crippen molar-refractivity contribution in [1.29, 1.82) is 0 Å². The van der Waals surface area contributed by atoms with Crippen LogP contribution >= 0.6 is 0 Å². The Morgan fingerprint density at radius 3 is 1.76 bits per heavy atom. The predicted octanol–water partition coefficient (Wildman–Crippen LogP) is 6.09. The highest BCUT2D eigenvalue weighted by Gasteiger charge is 2.36. The molecule has 23 heteroatoms. The van der Waals surface area contributed by atoms with E-state index < -0.39 is 113 Å². The molecule has 2 rings (SSSR count). The van der Waals surface area contributed by atoms with Gasteiger partial charge in [-0.05, 0) is 76.3 Å². The highest BCUT2D eigenvalue weighted by Crippen LogP contribution is 2.23. The number of H-pyrrole nitrogens is 1. The number of hydrogen-bond donors (Lipinski definition) is 11. The van der Waals surface area contributed by atoms with Gasteiger partial charge in [-0.2, -0.15) is 0 Å². The summed E-state index contributed by atoms with van der Waals surface area (Å²) in [6, 6.07) is 3.16. The van der Waals surface area contributed by atoms with Crippen LogP contribution in [0.4, 0.5) is 0 Å². The third kappa shape index (κ3) is 34.4. The van der Waals surface area contributed by atoms with Crippen LogP contribution < -0.4 is 49.5 Å². The molecule has 1 aromatic heterocycles. The van der Waals surface area contributed by atoms with Crippen molar-refractivity contribution >= 4 is 64.5 Å². The first kappa shape index (κ1) is 79.2. The standard InChI is InChI=1S/C67H112N12O11/c1-7-9-10-11-12-13-14-15-16-17-18-19-23-31-61(86)76-54(32-34-60(69)85)66(90)79-63(48(6)80)59(84)42-52(46(4)8-2)65(89)75-47(5)56(81)33-35-62(87)77-55(41-51-43-72-44-74-51)58(83)40-50(39-49-28-21-20-22-29-49)64(88)78-53(30-26-37-73-67(70)71)57(82)38-45(3)27-24-25-36-68/h20-22,28-29,43-48,50,52-55,63,80H,7-19,23-27,30-42,68H2,1-6H3,(H2,69,85)(H,72,74)(H,75,89)(H,76,86)(H,77,87)(H,78,88)(H,79,90)(H4,70,71,73)/t45-,46+,47+,48-,50-,52?,53+,54+,55+,63?/m1/s1. The number of aromatic amines is 1. The number of rotatable bonds is 53. The minimum atomic E-state index is -1.50. The minimum absolute atomic E-state index is 0.0279. The fourth-order valence-corrected chi connectivity index (χ4v) is 10.9. The van der Waals surface area contributed by atoms with Crippen molar-refractivity contribution in [2.24, 2.45) is 51.6 Å². The van der Waals surface area contributed by atoms with E-state index in [2.05, 4.69) is 48.5 Å². The van der Waals surface area contributed by atoms with Crippen LogP contribution in [0.25, 0.3) is 0 Å². The van der Waals surface area contributed by atoms with Gasteiger partial charge in [-0.1, -0.05) is 154 Å². The lowest BCUT2D eigenvalue weighted by Gasteiger charge is -2.28. The number of aliphatic hydroxyl groups is 1. The number of hydrogen-bond acceptors (Lipinski definition) is 14. The van der Waals surface area contributed by atoms with E-state index in [0.29, 0.717) is 31.5 Å². The first-order chi connectivity index (χ1) is 43.0.